The zero-order chi connectivity index (χ0) is 14.0. The molecule has 0 radical (unpaired) electrons. The minimum Gasteiger partial charge on any atom is -0.294 e. The van der Waals surface area contributed by atoms with Gasteiger partial charge in [0.2, 0.25) is 0 Å². The second-order valence-electron chi connectivity index (χ2n) is 4.32. The Balaban J connectivity index is 2.25. The topological polar surface area (TPSA) is 34.9 Å². The highest BCUT2D eigenvalue weighted by Crippen LogP contribution is 2.23. The SMILES string of the molecule is CCn1nc(C)cc1CC(=O)c1ccc(Cl)cc1Br. The zero-order valence-corrected chi connectivity index (χ0v) is 13.1. The molecule has 1 heterocycles. The van der Waals surface area contributed by atoms with E-state index in [0.29, 0.717) is 17.0 Å². The maximum absolute atomic E-state index is 12.3. The van der Waals surface area contributed by atoms with E-state index in [4.69, 9.17) is 11.6 Å². The highest BCUT2D eigenvalue weighted by molar-refractivity contribution is 9.10. The maximum Gasteiger partial charge on any atom is 0.169 e. The number of aromatic nitrogens is 2. The number of hydrogen-bond donors (Lipinski definition) is 0. The summed E-state index contributed by atoms with van der Waals surface area (Å²) in [4.78, 5) is 12.3. The summed E-state index contributed by atoms with van der Waals surface area (Å²) in [5.74, 6) is 0.0538. The molecule has 0 saturated heterocycles. The number of carbonyl (C=O) groups is 1. The van der Waals surface area contributed by atoms with Gasteiger partial charge in [-0.1, -0.05) is 11.6 Å². The van der Waals surface area contributed by atoms with E-state index in [2.05, 4.69) is 21.0 Å². The number of carbonyl (C=O) groups excluding carboxylic acids is 1. The van der Waals surface area contributed by atoms with Crippen LogP contribution < -0.4 is 0 Å². The summed E-state index contributed by atoms with van der Waals surface area (Å²) in [6.07, 6.45) is 0.342. The number of benzene rings is 1. The Morgan fingerprint density at radius 1 is 1.42 bits per heavy atom. The number of nitrogens with zero attached hydrogens (tertiary/aromatic N) is 2. The smallest absolute Gasteiger partial charge is 0.169 e. The van der Waals surface area contributed by atoms with E-state index >= 15 is 0 Å². The fraction of sp³-hybridized carbons (Fsp3) is 0.286. The second kappa shape index (κ2) is 5.88. The van der Waals surface area contributed by atoms with Crippen molar-refractivity contribution in [2.24, 2.45) is 0 Å². The molecular weight excluding hydrogens is 328 g/mol. The van der Waals surface area contributed by atoms with E-state index in [9.17, 15) is 4.79 Å². The van der Waals surface area contributed by atoms with Crippen molar-refractivity contribution in [1.29, 1.82) is 0 Å². The fourth-order valence-electron chi connectivity index (χ4n) is 1.99. The first kappa shape index (κ1) is 14.3. The second-order valence-corrected chi connectivity index (χ2v) is 5.61. The van der Waals surface area contributed by atoms with Crippen LogP contribution in [0.5, 0.6) is 0 Å². The summed E-state index contributed by atoms with van der Waals surface area (Å²) >= 11 is 9.25. The molecule has 1 aromatic carbocycles. The Morgan fingerprint density at radius 2 is 2.16 bits per heavy atom. The van der Waals surface area contributed by atoms with Gasteiger partial charge in [0.25, 0.3) is 0 Å². The van der Waals surface area contributed by atoms with Gasteiger partial charge in [-0.3, -0.25) is 9.48 Å². The number of ketones is 1. The van der Waals surface area contributed by atoms with Gasteiger partial charge in [0.1, 0.15) is 0 Å². The van der Waals surface area contributed by atoms with Crippen LogP contribution in [0, 0.1) is 6.92 Å². The van der Waals surface area contributed by atoms with Crippen LogP contribution in [0.2, 0.25) is 5.02 Å². The van der Waals surface area contributed by atoms with Gasteiger partial charge in [0.05, 0.1) is 12.1 Å². The molecule has 0 fully saturated rings. The van der Waals surface area contributed by atoms with Crippen molar-refractivity contribution in [2.45, 2.75) is 26.8 Å². The predicted octanol–water partition coefficient (Wildman–Crippen LogP) is 4.05. The molecule has 3 nitrogen and oxygen atoms in total. The van der Waals surface area contributed by atoms with Crippen molar-refractivity contribution in [3.63, 3.8) is 0 Å². The van der Waals surface area contributed by atoms with Crippen molar-refractivity contribution < 1.29 is 4.79 Å². The lowest BCUT2D eigenvalue weighted by molar-refractivity contribution is 0.0990. The Hall–Kier alpha value is -1.13. The normalized spacial score (nSPS) is 10.7. The Morgan fingerprint density at radius 3 is 2.79 bits per heavy atom. The van der Waals surface area contributed by atoms with E-state index in [0.717, 1.165) is 22.4 Å². The molecule has 100 valence electrons. The molecule has 1 aromatic heterocycles. The molecule has 0 aliphatic rings. The predicted molar refractivity (Wildman–Crippen MR) is 79.8 cm³/mol. The molecule has 0 amide bonds. The molecular formula is C14H14BrClN2O. The standard InChI is InChI=1S/C14H14BrClN2O/c1-3-18-11(6-9(2)17-18)8-14(19)12-5-4-10(16)7-13(12)15/h4-7H,3,8H2,1-2H3. The van der Waals surface area contributed by atoms with Gasteiger partial charge in [0.15, 0.2) is 5.78 Å². The van der Waals surface area contributed by atoms with Crippen molar-refractivity contribution >= 4 is 33.3 Å². The summed E-state index contributed by atoms with van der Waals surface area (Å²) < 4.78 is 2.58. The third-order valence-electron chi connectivity index (χ3n) is 2.86. The van der Waals surface area contributed by atoms with Crippen molar-refractivity contribution in [3.05, 3.63) is 50.7 Å². The summed E-state index contributed by atoms with van der Waals surface area (Å²) in [5.41, 5.74) is 2.51. The number of Topliss-reactive ketones (excluding diaryl/α,β-unsaturated/α-hetero) is 1. The van der Waals surface area contributed by atoms with Crippen LogP contribution in [-0.2, 0) is 13.0 Å². The van der Waals surface area contributed by atoms with Gasteiger partial charge >= 0.3 is 0 Å². The van der Waals surface area contributed by atoms with Crippen LogP contribution in [0.25, 0.3) is 0 Å². The van der Waals surface area contributed by atoms with Gasteiger partial charge in [-0.25, -0.2) is 0 Å². The first-order valence-corrected chi connectivity index (χ1v) is 7.20. The monoisotopic (exact) mass is 340 g/mol. The van der Waals surface area contributed by atoms with Gasteiger partial charge in [-0.05, 0) is 54.0 Å². The molecule has 0 aliphatic heterocycles. The summed E-state index contributed by atoms with van der Waals surface area (Å²) in [6.45, 7) is 4.70. The van der Waals surface area contributed by atoms with Crippen LogP contribution in [0.1, 0.15) is 28.7 Å². The average Bonchev–Trinajstić information content (AvgIpc) is 2.69. The molecule has 0 saturated carbocycles. The fourth-order valence-corrected chi connectivity index (χ4v) is 2.89. The molecule has 5 heteroatoms. The van der Waals surface area contributed by atoms with E-state index in [1.165, 1.54) is 0 Å². The van der Waals surface area contributed by atoms with E-state index in [-0.39, 0.29) is 5.78 Å². The minimum absolute atomic E-state index is 0.0538. The third kappa shape index (κ3) is 3.25. The maximum atomic E-state index is 12.3. The van der Waals surface area contributed by atoms with Crippen molar-refractivity contribution in [2.75, 3.05) is 0 Å². The highest BCUT2D eigenvalue weighted by atomic mass is 79.9. The molecule has 0 unspecified atom stereocenters. The number of hydrogen-bond acceptors (Lipinski definition) is 2. The van der Waals surface area contributed by atoms with E-state index in [1.807, 2.05) is 24.6 Å². The van der Waals surface area contributed by atoms with Crippen LogP contribution in [0.15, 0.2) is 28.7 Å². The zero-order valence-electron chi connectivity index (χ0n) is 10.8. The molecule has 2 aromatic rings. The molecule has 0 atom stereocenters. The summed E-state index contributed by atoms with van der Waals surface area (Å²) in [5, 5.41) is 4.95. The van der Waals surface area contributed by atoms with Crippen molar-refractivity contribution in [1.82, 2.24) is 9.78 Å². The number of rotatable bonds is 4. The van der Waals surface area contributed by atoms with Crippen molar-refractivity contribution in [3.8, 4) is 0 Å². The van der Waals surface area contributed by atoms with Crippen LogP contribution in [0.4, 0.5) is 0 Å². The average molecular weight is 342 g/mol. The largest absolute Gasteiger partial charge is 0.294 e. The molecule has 0 spiro atoms. The number of halogens is 2. The minimum atomic E-state index is 0.0538. The summed E-state index contributed by atoms with van der Waals surface area (Å²) in [7, 11) is 0. The highest BCUT2D eigenvalue weighted by Gasteiger charge is 2.14. The molecule has 0 aliphatic carbocycles. The molecule has 2 rings (SSSR count). The van der Waals surface area contributed by atoms with E-state index < -0.39 is 0 Å². The van der Waals surface area contributed by atoms with Gasteiger partial charge in [-0.15, -0.1) is 0 Å². The van der Waals surface area contributed by atoms with E-state index in [1.54, 1.807) is 18.2 Å². The first-order chi connectivity index (χ1) is 9.01. The van der Waals surface area contributed by atoms with Gasteiger partial charge in [0, 0.05) is 27.3 Å². The quantitative estimate of drug-likeness (QED) is 0.786. The van der Waals surface area contributed by atoms with Gasteiger partial charge in [-0.2, -0.15) is 5.10 Å². The number of aryl methyl sites for hydroxylation is 2. The van der Waals surface area contributed by atoms with Crippen LogP contribution >= 0.6 is 27.5 Å². The lowest BCUT2D eigenvalue weighted by Gasteiger charge is -2.06. The Kier molecular flexibility index (Phi) is 4.42. The lowest BCUT2D eigenvalue weighted by Crippen LogP contribution is -2.10. The first-order valence-electron chi connectivity index (χ1n) is 6.03. The lowest BCUT2D eigenvalue weighted by atomic mass is 10.1. The molecule has 19 heavy (non-hydrogen) atoms. The Labute approximate surface area is 125 Å². The molecule has 0 N–H and O–H groups in total. The van der Waals surface area contributed by atoms with Gasteiger partial charge < -0.3 is 0 Å². The van der Waals surface area contributed by atoms with Crippen LogP contribution in [-0.4, -0.2) is 15.6 Å². The third-order valence-corrected chi connectivity index (χ3v) is 3.75. The summed E-state index contributed by atoms with van der Waals surface area (Å²) in [6, 6.07) is 7.15. The van der Waals surface area contributed by atoms with Crippen LogP contribution in [0.3, 0.4) is 0 Å². The Bertz CT molecular complexity index is 622. The molecule has 0 bridgehead atoms.